The highest BCUT2D eigenvalue weighted by Crippen LogP contribution is 2.20. The molecule has 0 heterocycles. The Morgan fingerprint density at radius 3 is 2.36 bits per heavy atom. The third kappa shape index (κ3) is 4.92. The summed E-state index contributed by atoms with van der Waals surface area (Å²) in [5.74, 6) is -0.748. The van der Waals surface area contributed by atoms with Crippen molar-refractivity contribution in [2.75, 3.05) is 18.0 Å². The first-order chi connectivity index (χ1) is 10.7. The fourth-order valence-electron chi connectivity index (χ4n) is 2.62. The Labute approximate surface area is 132 Å². The lowest BCUT2D eigenvalue weighted by molar-refractivity contribution is -0.136. The largest absolute Gasteiger partial charge is 0.481 e. The first-order valence-corrected chi connectivity index (χ1v) is 7.73. The zero-order valence-corrected chi connectivity index (χ0v) is 13.0. The highest BCUT2D eigenvalue weighted by molar-refractivity contribution is 5.68. The van der Waals surface area contributed by atoms with Gasteiger partial charge >= 0.3 is 5.97 Å². The number of carboxylic acids is 1. The topological polar surface area (TPSA) is 40.5 Å². The Morgan fingerprint density at radius 2 is 1.68 bits per heavy atom. The van der Waals surface area contributed by atoms with Crippen LogP contribution >= 0.6 is 0 Å². The SMILES string of the molecule is Cc1ccccc1N(CCCc1ccccc1)CCC(=O)O. The molecule has 0 aliphatic carbocycles. The van der Waals surface area contributed by atoms with E-state index < -0.39 is 5.97 Å². The van der Waals surface area contributed by atoms with Crippen molar-refractivity contribution in [1.29, 1.82) is 0 Å². The second kappa shape index (κ2) is 8.23. The number of rotatable bonds is 8. The summed E-state index contributed by atoms with van der Waals surface area (Å²) in [6.45, 7) is 3.49. The van der Waals surface area contributed by atoms with Gasteiger partial charge in [-0.05, 0) is 37.0 Å². The van der Waals surface area contributed by atoms with Crippen LogP contribution < -0.4 is 4.90 Å². The number of nitrogens with zero attached hydrogens (tertiary/aromatic N) is 1. The molecular formula is C19H23NO2. The van der Waals surface area contributed by atoms with Crippen LogP contribution in [0, 0.1) is 6.92 Å². The minimum absolute atomic E-state index is 0.166. The molecule has 2 aromatic rings. The molecule has 0 saturated carbocycles. The molecule has 0 saturated heterocycles. The summed E-state index contributed by atoms with van der Waals surface area (Å²) in [5, 5.41) is 8.96. The lowest BCUT2D eigenvalue weighted by Crippen LogP contribution is -2.28. The van der Waals surface area contributed by atoms with Crippen LogP contribution in [0.2, 0.25) is 0 Å². The average molecular weight is 297 g/mol. The smallest absolute Gasteiger partial charge is 0.305 e. The van der Waals surface area contributed by atoms with Crippen molar-refractivity contribution in [3.05, 3.63) is 65.7 Å². The lowest BCUT2D eigenvalue weighted by Gasteiger charge is -2.26. The number of hydrogen-bond acceptors (Lipinski definition) is 2. The van der Waals surface area contributed by atoms with Crippen LogP contribution in [0.3, 0.4) is 0 Å². The maximum atomic E-state index is 10.9. The molecule has 0 radical (unpaired) electrons. The van der Waals surface area contributed by atoms with Crippen molar-refractivity contribution in [1.82, 2.24) is 0 Å². The third-order valence-electron chi connectivity index (χ3n) is 3.79. The van der Waals surface area contributed by atoms with E-state index in [1.165, 1.54) is 11.1 Å². The number of aryl methyl sites for hydroxylation is 2. The number of anilines is 1. The first kappa shape index (κ1) is 16.1. The van der Waals surface area contributed by atoms with Gasteiger partial charge in [0.2, 0.25) is 0 Å². The molecule has 0 unspecified atom stereocenters. The average Bonchev–Trinajstić information content (AvgIpc) is 2.52. The Hall–Kier alpha value is -2.29. The number of aliphatic carboxylic acids is 1. The van der Waals surface area contributed by atoms with Crippen LogP contribution in [0.1, 0.15) is 24.0 Å². The molecule has 0 aliphatic heterocycles. The molecule has 0 aromatic heterocycles. The van der Waals surface area contributed by atoms with Crippen molar-refractivity contribution >= 4 is 11.7 Å². The molecule has 0 spiro atoms. The normalized spacial score (nSPS) is 10.4. The Bertz CT molecular complexity index is 595. The van der Waals surface area contributed by atoms with Crippen LogP contribution in [0.4, 0.5) is 5.69 Å². The number of carboxylic acid groups (broad SMARTS) is 1. The second-order valence-electron chi connectivity index (χ2n) is 5.51. The number of hydrogen-bond donors (Lipinski definition) is 1. The van der Waals surface area contributed by atoms with Crippen molar-refractivity contribution < 1.29 is 9.90 Å². The predicted octanol–water partition coefficient (Wildman–Crippen LogP) is 3.91. The zero-order valence-electron chi connectivity index (χ0n) is 13.0. The van der Waals surface area contributed by atoms with Gasteiger partial charge in [-0.2, -0.15) is 0 Å². The molecule has 3 heteroatoms. The molecule has 0 aliphatic rings. The first-order valence-electron chi connectivity index (χ1n) is 7.73. The van der Waals surface area contributed by atoms with Gasteiger partial charge in [0.15, 0.2) is 0 Å². The van der Waals surface area contributed by atoms with Gasteiger partial charge in [0.1, 0.15) is 0 Å². The van der Waals surface area contributed by atoms with Gasteiger partial charge in [-0.1, -0.05) is 48.5 Å². The van der Waals surface area contributed by atoms with Crippen molar-refractivity contribution in [2.24, 2.45) is 0 Å². The standard InChI is InChI=1S/C19H23NO2/c1-16-8-5-6-12-18(16)20(15-13-19(21)22)14-7-11-17-9-3-2-4-10-17/h2-6,8-10,12H,7,11,13-15H2,1H3,(H,21,22). The monoisotopic (exact) mass is 297 g/mol. The number of benzene rings is 2. The minimum atomic E-state index is -0.748. The molecule has 116 valence electrons. The van der Waals surface area contributed by atoms with Gasteiger partial charge in [0.05, 0.1) is 6.42 Å². The van der Waals surface area contributed by atoms with E-state index in [9.17, 15) is 4.79 Å². The fraction of sp³-hybridized carbons (Fsp3) is 0.316. The van der Waals surface area contributed by atoms with Gasteiger partial charge in [-0.25, -0.2) is 0 Å². The van der Waals surface area contributed by atoms with Crippen molar-refractivity contribution in [3.63, 3.8) is 0 Å². The van der Waals surface area contributed by atoms with Crippen molar-refractivity contribution in [2.45, 2.75) is 26.2 Å². The molecule has 0 bridgehead atoms. The summed E-state index contributed by atoms with van der Waals surface area (Å²) in [5.41, 5.74) is 3.65. The number of carbonyl (C=O) groups is 1. The molecule has 2 rings (SSSR count). The molecule has 22 heavy (non-hydrogen) atoms. The van der Waals surface area contributed by atoms with Crippen LogP contribution in [0.5, 0.6) is 0 Å². The minimum Gasteiger partial charge on any atom is -0.481 e. The Balaban J connectivity index is 1.98. The molecular weight excluding hydrogens is 274 g/mol. The molecule has 2 aromatic carbocycles. The third-order valence-corrected chi connectivity index (χ3v) is 3.79. The van der Waals surface area contributed by atoms with Crippen LogP contribution in [0.15, 0.2) is 54.6 Å². The molecule has 0 atom stereocenters. The molecule has 0 fully saturated rings. The summed E-state index contributed by atoms with van der Waals surface area (Å²) < 4.78 is 0. The van der Waals surface area contributed by atoms with E-state index in [0.29, 0.717) is 6.54 Å². The van der Waals surface area contributed by atoms with E-state index in [1.54, 1.807) is 0 Å². The molecule has 3 nitrogen and oxygen atoms in total. The highest BCUT2D eigenvalue weighted by Gasteiger charge is 2.10. The van der Waals surface area contributed by atoms with E-state index in [1.807, 2.05) is 18.2 Å². The molecule has 0 amide bonds. The van der Waals surface area contributed by atoms with Gasteiger partial charge in [-0.3, -0.25) is 4.79 Å². The van der Waals surface area contributed by atoms with Gasteiger partial charge in [0, 0.05) is 18.8 Å². The maximum absolute atomic E-state index is 10.9. The predicted molar refractivity (Wildman–Crippen MR) is 90.4 cm³/mol. The Kier molecular flexibility index (Phi) is 6.01. The van der Waals surface area contributed by atoms with E-state index >= 15 is 0 Å². The summed E-state index contributed by atoms with van der Waals surface area (Å²) in [6, 6.07) is 18.6. The zero-order chi connectivity index (χ0) is 15.8. The summed E-state index contributed by atoms with van der Waals surface area (Å²) in [7, 11) is 0. The van der Waals surface area contributed by atoms with E-state index in [2.05, 4.69) is 48.2 Å². The van der Waals surface area contributed by atoms with Crippen molar-refractivity contribution in [3.8, 4) is 0 Å². The van der Waals surface area contributed by atoms with E-state index in [0.717, 1.165) is 25.1 Å². The maximum Gasteiger partial charge on any atom is 0.305 e. The summed E-state index contributed by atoms with van der Waals surface area (Å²) >= 11 is 0. The second-order valence-corrected chi connectivity index (χ2v) is 5.51. The van der Waals surface area contributed by atoms with Crippen LogP contribution in [-0.4, -0.2) is 24.2 Å². The lowest BCUT2D eigenvalue weighted by atomic mass is 10.1. The van der Waals surface area contributed by atoms with Gasteiger partial charge in [-0.15, -0.1) is 0 Å². The van der Waals surface area contributed by atoms with Gasteiger partial charge in [0.25, 0.3) is 0 Å². The van der Waals surface area contributed by atoms with E-state index in [4.69, 9.17) is 5.11 Å². The summed E-state index contributed by atoms with van der Waals surface area (Å²) in [6.07, 6.45) is 2.19. The van der Waals surface area contributed by atoms with Crippen LogP contribution in [0.25, 0.3) is 0 Å². The highest BCUT2D eigenvalue weighted by atomic mass is 16.4. The summed E-state index contributed by atoms with van der Waals surface area (Å²) in [4.78, 5) is 13.1. The van der Waals surface area contributed by atoms with Crippen LogP contribution in [-0.2, 0) is 11.2 Å². The number of para-hydroxylation sites is 1. The van der Waals surface area contributed by atoms with Gasteiger partial charge < -0.3 is 10.0 Å². The quantitative estimate of drug-likeness (QED) is 0.803. The Morgan fingerprint density at radius 1 is 1.00 bits per heavy atom. The molecule has 1 N–H and O–H groups in total. The fourth-order valence-corrected chi connectivity index (χ4v) is 2.62. The van der Waals surface area contributed by atoms with E-state index in [-0.39, 0.29) is 6.42 Å².